The SMILES string of the molecule is Cc1ccc(C(=O)NCCCCN)cc1Cl.Cl. The molecule has 1 aromatic rings. The summed E-state index contributed by atoms with van der Waals surface area (Å²) in [4.78, 5) is 11.7. The van der Waals surface area contributed by atoms with E-state index in [4.69, 9.17) is 17.3 Å². The maximum Gasteiger partial charge on any atom is 0.251 e. The van der Waals surface area contributed by atoms with Gasteiger partial charge < -0.3 is 11.1 Å². The Bertz CT molecular complexity index is 370. The molecule has 5 heteroatoms. The molecular weight excluding hydrogens is 259 g/mol. The molecule has 96 valence electrons. The van der Waals surface area contributed by atoms with Gasteiger partial charge >= 0.3 is 0 Å². The number of halogens is 2. The Labute approximate surface area is 113 Å². The summed E-state index contributed by atoms with van der Waals surface area (Å²) in [5.41, 5.74) is 6.94. The zero-order chi connectivity index (χ0) is 12.0. The van der Waals surface area contributed by atoms with E-state index in [0.29, 0.717) is 23.7 Å². The van der Waals surface area contributed by atoms with Crippen molar-refractivity contribution in [3.63, 3.8) is 0 Å². The van der Waals surface area contributed by atoms with E-state index in [1.807, 2.05) is 13.0 Å². The number of hydrogen-bond acceptors (Lipinski definition) is 2. The van der Waals surface area contributed by atoms with E-state index in [1.165, 1.54) is 0 Å². The van der Waals surface area contributed by atoms with Crippen molar-refractivity contribution < 1.29 is 4.79 Å². The molecule has 0 aliphatic carbocycles. The minimum atomic E-state index is -0.0843. The van der Waals surface area contributed by atoms with Crippen LogP contribution in [0.2, 0.25) is 5.02 Å². The largest absolute Gasteiger partial charge is 0.352 e. The van der Waals surface area contributed by atoms with Crippen LogP contribution in [0.5, 0.6) is 0 Å². The van der Waals surface area contributed by atoms with Gasteiger partial charge in [0.1, 0.15) is 0 Å². The predicted octanol–water partition coefficient (Wildman–Crippen LogP) is 2.54. The third-order valence-electron chi connectivity index (χ3n) is 2.35. The second-order valence-corrected chi connectivity index (χ2v) is 4.12. The van der Waals surface area contributed by atoms with E-state index in [2.05, 4.69) is 5.32 Å². The van der Waals surface area contributed by atoms with Crippen LogP contribution >= 0.6 is 24.0 Å². The molecule has 0 aliphatic heterocycles. The van der Waals surface area contributed by atoms with Gasteiger partial charge in [-0.2, -0.15) is 0 Å². The molecule has 17 heavy (non-hydrogen) atoms. The smallest absolute Gasteiger partial charge is 0.251 e. The monoisotopic (exact) mass is 276 g/mol. The average Bonchev–Trinajstić information content (AvgIpc) is 2.28. The molecule has 0 saturated carbocycles. The normalized spacial score (nSPS) is 9.59. The molecule has 0 aliphatic rings. The van der Waals surface area contributed by atoms with Gasteiger partial charge in [-0.3, -0.25) is 4.79 Å². The van der Waals surface area contributed by atoms with Gasteiger partial charge in [-0.15, -0.1) is 12.4 Å². The van der Waals surface area contributed by atoms with Gasteiger partial charge in [-0.05, 0) is 44.0 Å². The topological polar surface area (TPSA) is 55.1 Å². The third kappa shape index (κ3) is 5.39. The molecule has 0 spiro atoms. The fraction of sp³-hybridized carbons (Fsp3) is 0.417. The second-order valence-electron chi connectivity index (χ2n) is 3.72. The molecule has 0 radical (unpaired) electrons. The number of nitrogens with two attached hydrogens (primary N) is 1. The first kappa shape index (κ1) is 16.2. The first-order valence-corrected chi connectivity index (χ1v) is 5.77. The molecule has 0 saturated heterocycles. The van der Waals surface area contributed by atoms with Crippen molar-refractivity contribution in [1.29, 1.82) is 0 Å². The van der Waals surface area contributed by atoms with Crippen LogP contribution in [0.3, 0.4) is 0 Å². The molecule has 0 unspecified atom stereocenters. The average molecular weight is 277 g/mol. The van der Waals surface area contributed by atoms with Crippen LogP contribution in [-0.2, 0) is 0 Å². The highest BCUT2D eigenvalue weighted by Gasteiger charge is 2.06. The van der Waals surface area contributed by atoms with E-state index in [9.17, 15) is 4.79 Å². The van der Waals surface area contributed by atoms with Crippen molar-refractivity contribution in [2.45, 2.75) is 19.8 Å². The molecule has 0 fully saturated rings. The van der Waals surface area contributed by atoms with Gasteiger partial charge in [0.15, 0.2) is 0 Å². The molecule has 0 aromatic heterocycles. The number of amides is 1. The molecule has 0 heterocycles. The Morgan fingerprint density at radius 1 is 1.41 bits per heavy atom. The van der Waals surface area contributed by atoms with E-state index >= 15 is 0 Å². The molecule has 3 nitrogen and oxygen atoms in total. The molecular formula is C12H18Cl2N2O. The summed E-state index contributed by atoms with van der Waals surface area (Å²) in [5.74, 6) is -0.0843. The van der Waals surface area contributed by atoms with Crippen LogP contribution in [0.4, 0.5) is 0 Å². The van der Waals surface area contributed by atoms with Crippen molar-refractivity contribution in [3.8, 4) is 0 Å². The lowest BCUT2D eigenvalue weighted by Crippen LogP contribution is -2.24. The lowest BCUT2D eigenvalue weighted by molar-refractivity contribution is 0.0953. The van der Waals surface area contributed by atoms with E-state index in [1.54, 1.807) is 12.1 Å². The molecule has 3 N–H and O–H groups in total. The standard InChI is InChI=1S/C12H17ClN2O.ClH/c1-9-4-5-10(8-11(9)13)12(16)15-7-3-2-6-14;/h4-5,8H,2-3,6-7,14H2,1H3,(H,15,16);1H. The first-order chi connectivity index (χ1) is 7.65. The van der Waals surface area contributed by atoms with E-state index in [0.717, 1.165) is 18.4 Å². The number of nitrogens with one attached hydrogen (secondary N) is 1. The highest BCUT2D eigenvalue weighted by atomic mass is 35.5. The quantitative estimate of drug-likeness (QED) is 0.813. The van der Waals surface area contributed by atoms with Crippen molar-refractivity contribution in [3.05, 3.63) is 34.3 Å². The molecule has 0 atom stereocenters. The van der Waals surface area contributed by atoms with Gasteiger partial charge in [0, 0.05) is 17.1 Å². The van der Waals surface area contributed by atoms with Crippen LogP contribution in [0.1, 0.15) is 28.8 Å². The minimum absolute atomic E-state index is 0. The summed E-state index contributed by atoms with van der Waals surface area (Å²) in [6.07, 6.45) is 1.83. The maximum absolute atomic E-state index is 11.7. The third-order valence-corrected chi connectivity index (χ3v) is 2.76. The van der Waals surface area contributed by atoms with Crippen LogP contribution < -0.4 is 11.1 Å². The summed E-state index contributed by atoms with van der Waals surface area (Å²) in [6, 6.07) is 5.31. The Morgan fingerprint density at radius 3 is 2.71 bits per heavy atom. The lowest BCUT2D eigenvalue weighted by atomic mass is 10.1. The van der Waals surface area contributed by atoms with E-state index < -0.39 is 0 Å². The first-order valence-electron chi connectivity index (χ1n) is 5.39. The van der Waals surface area contributed by atoms with Crippen molar-refractivity contribution in [2.24, 2.45) is 5.73 Å². The van der Waals surface area contributed by atoms with Gasteiger partial charge in [0.05, 0.1) is 0 Å². The van der Waals surface area contributed by atoms with Crippen molar-refractivity contribution >= 4 is 29.9 Å². The molecule has 0 bridgehead atoms. The highest BCUT2D eigenvalue weighted by Crippen LogP contribution is 2.16. The zero-order valence-corrected chi connectivity index (χ0v) is 11.4. The lowest BCUT2D eigenvalue weighted by Gasteiger charge is -2.06. The van der Waals surface area contributed by atoms with Crippen LogP contribution in [0, 0.1) is 6.92 Å². The fourth-order valence-electron chi connectivity index (χ4n) is 1.31. The number of carbonyl (C=O) groups excluding carboxylic acids is 1. The zero-order valence-electron chi connectivity index (χ0n) is 9.83. The Morgan fingerprint density at radius 2 is 2.12 bits per heavy atom. The predicted molar refractivity (Wildman–Crippen MR) is 74.1 cm³/mol. The van der Waals surface area contributed by atoms with Gasteiger partial charge in [0.2, 0.25) is 0 Å². The Balaban J connectivity index is 0.00000256. The minimum Gasteiger partial charge on any atom is -0.352 e. The Hall–Kier alpha value is -0.770. The maximum atomic E-state index is 11.7. The van der Waals surface area contributed by atoms with Gasteiger partial charge in [-0.1, -0.05) is 17.7 Å². The number of aryl methyl sites for hydroxylation is 1. The number of benzene rings is 1. The summed E-state index contributed by atoms with van der Waals surface area (Å²) >= 11 is 5.95. The molecule has 1 amide bonds. The summed E-state index contributed by atoms with van der Waals surface area (Å²) in [7, 11) is 0. The molecule has 1 aromatic carbocycles. The molecule has 1 rings (SSSR count). The number of hydrogen-bond donors (Lipinski definition) is 2. The van der Waals surface area contributed by atoms with Crippen LogP contribution in [0.15, 0.2) is 18.2 Å². The Kier molecular flexibility index (Phi) is 7.96. The fourth-order valence-corrected chi connectivity index (χ4v) is 1.49. The van der Waals surface area contributed by atoms with Gasteiger partial charge in [-0.25, -0.2) is 0 Å². The number of carbonyl (C=O) groups is 1. The van der Waals surface area contributed by atoms with E-state index in [-0.39, 0.29) is 18.3 Å². The number of rotatable bonds is 5. The van der Waals surface area contributed by atoms with Crippen LogP contribution in [-0.4, -0.2) is 19.0 Å². The highest BCUT2D eigenvalue weighted by molar-refractivity contribution is 6.31. The second kappa shape index (κ2) is 8.34. The van der Waals surface area contributed by atoms with Gasteiger partial charge in [0.25, 0.3) is 5.91 Å². The summed E-state index contributed by atoms with van der Waals surface area (Å²) < 4.78 is 0. The summed E-state index contributed by atoms with van der Waals surface area (Å²) in [5, 5.41) is 3.45. The summed E-state index contributed by atoms with van der Waals surface area (Å²) in [6.45, 7) is 3.22. The van der Waals surface area contributed by atoms with Crippen molar-refractivity contribution in [1.82, 2.24) is 5.32 Å². The van der Waals surface area contributed by atoms with Crippen LogP contribution in [0.25, 0.3) is 0 Å². The number of unbranched alkanes of at least 4 members (excludes halogenated alkanes) is 1. The van der Waals surface area contributed by atoms with Crippen molar-refractivity contribution in [2.75, 3.05) is 13.1 Å².